The number of carbonyl (C=O) groups is 1. The molecule has 0 spiro atoms. The van der Waals surface area contributed by atoms with Crippen molar-refractivity contribution in [1.82, 2.24) is 15.2 Å². The number of aromatic amines is 1. The molecular formula is C19H17ClN4OS. The summed E-state index contributed by atoms with van der Waals surface area (Å²) < 4.78 is 0. The van der Waals surface area contributed by atoms with Gasteiger partial charge in [0.2, 0.25) is 11.1 Å². The highest BCUT2D eigenvalue weighted by Gasteiger charge is 2.08. The average molecular weight is 385 g/mol. The highest BCUT2D eigenvalue weighted by atomic mass is 35.5. The minimum absolute atomic E-state index is 0.119. The number of nitrogens with zero attached hydrogens (tertiary/aromatic N) is 2. The molecule has 0 aliphatic rings. The van der Waals surface area contributed by atoms with E-state index >= 15 is 0 Å². The topological polar surface area (TPSA) is 70.7 Å². The number of nitrogens with one attached hydrogen (secondary N) is 2. The van der Waals surface area contributed by atoms with Gasteiger partial charge in [0.1, 0.15) is 5.82 Å². The molecule has 2 N–H and O–H groups in total. The van der Waals surface area contributed by atoms with Crippen molar-refractivity contribution in [3.05, 3.63) is 70.5 Å². The van der Waals surface area contributed by atoms with Gasteiger partial charge in [0.25, 0.3) is 0 Å². The molecule has 5 nitrogen and oxygen atoms in total. The summed E-state index contributed by atoms with van der Waals surface area (Å²) in [4.78, 5) is 16.4. The zero-order chi connectivity index (χ0) is 18.4. The van der Waals surface area contributed by atoms with E-state index in [0.717, 1.165) is 16.8 Å². The van der Waals surface area contributed by atoms with Crippen LogP contribution in [0.2, 0.25) is 5.02 Å². The van der Waals surface area contributed by atoms with Gasteiger partial charge >= 0.3 is 0 Å². The van der Waals surface area contributed by atoms with Crippen LogP contribution in [0.4, 0.5) is 5.69 Å². The van der Waals surface area contributed by atoms with Crippen molar-refractivity contribution in [1.29, 1.82) is 0 Å². The van der Waals surface area contributed by atoms with E-state index in [9.17, 15) is 4.79 Å². The number of hydrogen-bond acceptors (Lipinski definition) is 4. The van der Waals surface area contributed by atoms with Crippen LogP contribution < -0.4 is 5.32 Å². The number of aryl methyl sites for hydroxylation is 1. The van der Waals surface area contributed by atoms with Crippen LogP contribution in [0.15, 0.2) is 53.7 Å². The Morgan fingerprint density at radius 1 is 1.23 bits per heavy atom. The van der Waals surface area contributed by atoms with Crippen LogP contribution in [-0.4, -0.2) is 26.8 Å². The summed E-state index contributed by atoms with van der Waals surface area (Å²) in [6.45, 7) is 1.90. The molecule has 132 valence electrons. The predicted octanol–water partition coefficient (Wildman–Crippen LogP) is 4.67. The van der Waals surface area contributed by atoms with Gasteiger partial charge in [0, 0.05) is 10.7 Å². The van der Waals surface area contributed by atoms with E-state index in [2.05, 4.69) is 20.5 Å². The summed E-state index contributed by atoms with van der Waals surface area (Å²) in [6.07, 6.45) is 3.80. The molecule has 0 atom stereocenters. The molecule has 0 unspecified atom stereocenters. The first kappa shape index (κ1) is 18.2. The quantitative estimate of drug-likeness (QED) is 0.606. The summed E-state index contributed by atoms with van der Waals surface area (Å²) in [7, 11) is 0. The molecule has 0 aliphatic heterocycles. The smallest absolute Gasteiger partial charge is 0.234 e. The third-order valence-corrected chi connectivity index (χ3v) is 4.59. The lowest BCUT2D eigenvalue weighted by Crippen LogP contribution is -2.14. The largest absolute Gasteiger partial charge is 0.325 e. The van der Waals surface area contributed by atoms with Gasteiger partial charge < -0.3 is 5.32 Å². The van der Waals surface area contributed by atoms with Crippen molar-refractivity contribution in [3.8, 4) is 0 Å². The summed E-state index contributed by atoms with van der Waals surface area (Å²) in [6, 6.07) is 15.3. The van der Waals surface area contributed by atoms with E-state index in [1.165, 1.54) is 11.8 Å². The van der Waals surface area contributed by atoms with Gasteiger partial charge in [0.05, 0.1) is 5.75 Å². The van der Waals surface area contributed by atoms with Crippen molar-refractivity contribution >= 4 is 47.1 Å². The molecule has 1 amide bonds. The van der Waals surface area contributed by atoms with E-state index in [0.29, 0.717) is 16.0 Å². The maximum Gasteiger partial charge on any atom is 0.234 e. The van der Waals surface area contributed by atoms with Crippen LogP contribution in [0.1, 0.15) is 17.0 Å². The second-order valence-electron chi connectivity index (χ2n) is 5.54. The molecule has 3 rings (SSSR count). The van der Waals surface area contributed by atoms with Crippen LogP contribution in [0.25, 0.3) is 12.2 Å². The first-order valence-electron chi connectivity index (χ1n) is 7.94. The van der Waals surface area contributed by atoms with Gasteiger partial charge in [-0.05, 0) is 42.3 Å². The highest BCUT2D eigenvalue weighted by Crippen LogP contribution is 2.20. The first-order chi connectivity index (χ1) is 12.6. The number of carbonyl (C=O) groups excluding carboxylic acids is 1. The van der Waals surface area contributed by atoms with Crippen LogP contribution in [0, 0.1) is 6.92 Å². The Balaban J connectivity index is 1.53. The zero-order valence-corrected chi connectivity index (χ0v) is 15.6. The second-order valence-corrected chi connectivity index (χ2v) is 6.92. The summed E-state index contributed by atoms with van der Waals surface area (Å²) in [5.74, 6) is 0.749. The Labute approximate surface area is 160 Å². The minimum Gasteiger partial charge on any atom is -0.325 e. The lowest BCUT2D eigenvalue weighted by atomic mass is 10.2. The van der Waals surface area contributed by atoms with Gasteiger partial charge in [-0.25, -0.2) is 4.98 Å². The van der Waals surface area contributed by atoms with Crippen LogP contribution >= 0.6 is 23.4 Å². The number of rotatable bonds is 6. The zero-order valence-electron chi connectivity index (χ0n) is 14.1. The summed E-state index contributed by atoms with van der Waals surface area (Å²) in [5, 5.41) is 11.0. The molecule has 0 radical (unpaired) electrons. The standard InChI is InChI=1S/C19H17ClN4OS/c1-13-11-15(20)8-9-16(13)21-18(25)12-26-19-22-17(23-24-19)10-7-14-5-3-2-4-6-14/h2-11H,12H2,1H3,(H,21,25)(H,22,23,24)/b10-7+. The van der Waals surface area contributed by atoms with Crippen molar-refractivity contribution in [3.63, 3.8) is 0 Å². The third-order valence-electron chi connectivity index (χ3n) is 3.51. The predicted molar refractivity (Wildman–Crippen MR) is 107 cm³/mol. The Kier molecular flexibility index (Phi) is 6.09. The molecule has 2 aromatic carbocycles. The molecule has 0 saturated carbocycles. The number of benzene rings is 2. The SMILES string of the molecule is Cc1cc(Cl)ccc1NC(=O)CSc1n[nH]c(/C=C/c2ccccc2)n1. The normalized spacial score (nSPS) is 11.0. The molecule has 0 aliphatic carbocycles. The molecule has 1 heterocycles. The van der Waals surface area contributed by atoms with Gasteiger partial charge in [-0.15, -0.1) is 5.10 Å². The maximum atomic E-state index is 12.1. The van der Waals surface area contributed by atoms with E-state index in [4.69, 9.17) is 11.6 Å². The number of hydrogen-bond donors (Lipinski definition) is 2. The maximum absolute atomic E-state index is 12.1. The molecular weight excluding hydrogens is 368 g/mol. The Hall–Kier alpha value is -2.57. The number of thioether (sulfide) groups is 1. The summed E-state index contributed by atoms with van der Waals surface area (Å²) >= 11 is 7.19. The molecule has 7 heteroatoms. The van der Waals surface area contributed by atoms with E-state index in [1.54, 1.807) is 12.1 Å². The molecule has 0 saturated heterocycles. The molecule has 3 aromatic rings. The van der Waals surface area contributed by atoms with Crippen LogP contribution in [-0.2, 0) is 4.79 Å². The Morgan fingerprint density at radius 3 is 2.81 bits per heavy atom. The first-order valence-corrected chi connectivity index (χ1v) is 9.31. The van der Waals surface area contributed by atoms with Crippen LogP contribution in [0.5, 0.6) is 0 Å². The van der Waals surface area contributed by atoms with Crippen LogP contribution in [0.3, 0.4) is 0 Å². The van der Waals surface area contributed by atoms with Gasteiger partial charge in [-0.1, -0.05) is 59.8 Å². The van der Waals surface area contributed by atoms with Gasteiger partial charge in [0.15, 0.2) is 0 Å². The van der Waals surface area contributed by atoms with E-state index in [-0.39, 0.29) is 11.7 Å². The fourth-order valence-electron chi connectivity index (χ4n) is 2.22. The lowest BCUT2D eigenvalue weighted by Gasteiger charge is -2.07. The fourth-order valence-corrected chi connectivity index (χ4v) is 3.05. The van der Waals surface area contributed by atoms with Crippen molar-refractivity contribution in [2.24, 2.45) is 0 Å². The van der Waals surface area contributed by atoms with Gasteiger partial charge in [-0.2, -0.15) is 0 Å². The lowest BCUT2D eigenvalue weighted by molar-refractivity contribution is -0.113. The fraction of sp³-hybridized carbons (Fsp3) is 0.105. The van der Waals surface area contributed by atoms with Crippen molar-refractivity contribution < 1.29 is 4.79 Å². The minimum atomic E-state index is -0.119. The van der Waals surface area contributed by atoms with Gasteiger partial charge in [-0.3, -0.25) is 9.89 Å². The Morgan fingerprint density at radius 2 is 2.04 bits per heavy atom. The Bertz CT molecular complexity index is 924. The number of amides is 1. The average Bonchev–Trinajstić information content (AvgIpc) is 3.09. The number of anilines is 1. The van der Waals surface area contributed by atoms with Crippen molar-refractivity contribution in [2.75, 3.05) is 11.1 Å². The monoisotopic (exact) mass is 384 g/mol. The number of halogens is 1. The molecule has 1 aromatic heterocycles. The second kappa shape index (κ2) is 8.69. The third kappa shape index (κ3) is 5.21. The molecule has 26 heavy (non-hydrogen) atoms. The molecule has 0 bridgehead atoms. The van der Waals surface area contributed by atoms with E-state index in [1.807, 2.05) is 55.5 Å². The van der Waals surface area contributed by atoms with E-state index < -0.39 is 0 Å². The summed E-state index contributed by atoms with van der Waals surface area (Å²) in [5.41, 5.74) is 2.75. The highest BCUT2D eigenvalue weighted by molar-refractivity contribution is 7.99. The number of aromatic nitrogens is 3. The molecule has 0 fully saturated rings. The number of H-pyrrole nitrogens is 1. The van der Waals surface area contributed by atoms with Crippen molar-refractivity contribution in [2.45, 2.75) is 12.1 Å².